The minimum Gasteiger partial charge on any atom is -0.492 e. The summed E-state index contributed by atoms with van der Waals surface area (Å²) >= 11 is 3.01. The molecule has 1 aromatic rings. The zero-order chi connectivity index (χ0) is 10.7. The average molecular weight is 270 g/mol. The number of methoxy groups -OCH3 is 1. The maximum atomic E-state index is 13.1. The third-order valence-corrected chi connectivity index (χ3v) is 2.10. The molecule has 0 amide bonds. The molecule has 0 radical (unpaired) electrons. The first-order valence-corrected chi connectivity index (χ1v) is 4.79. The summed E-state index contributed by atoms with van der Waals surface area (Å²) in [5.74, 6) is -0.932. The highest BCUT2D eigenvalue weighted by Gasteiger charge is 2.17. The largest absolute Gasteiger partial charge is 0.492 e. The van der Waals surface area contributed by atoms with Gasteiger partial charge in [-0.3, -0.25) is 0 Å². The molecule has 1 heterocycles. The third kappa shape index (κ3) is 2.17. The molecule has 0 atom stereocenters. The molecule has 78 valence electrons. The summed E-state index contributed by atoms with van der Waals surface area (Å²) < 4.78 is 42.3. The standard InChI is InChI=1S/C8H7BrF3NO/c1-14-7-4(10)2-5(8(11)12)13-6(7)3-9/h2,8H,3H2,1H3. The zero-order valence-electron chi connectivity index (χ0n) is 7.23. The van der Waals surface area contributed by atoms with Crippen LogP contribution in [0.3, 0.4) is 0 Å². The van der Waals surface area contributed by atoms with Crippen molar-refractivity contribution in [3.8, 4) is 5.75 Å². The van der Waals surface area contributed by atoms with Gasteiger partial charge in [-0.1, -0.05) is 15.9 Å². The van der Waals surface area contributed by atoms with Crippen LogP contribution in [-0.4, -0.2) is 12.1 Å². The molecule has 6 heteroatoms. The molecule has 0 fully saturated rings. The topological polar surface area (TPSA) is 22.1 Å². The van der Waals surface area contributed by atoms with Gasteiger partial charge in [-0.15, -0.1) is 0 Å². The first-order valence-electron chi connectivity index (χ1n) is 3.67. The molecule has 14 heavy (non-hydrogen) atoms. The van der Waals surface area contributed by atoms with Crippen LogP contribution in [-0.2, 0) is 5.33 Å². The van der Waals surface area contributed by atoms with Gasteiger partial charge in [0.1, 0.15) is 5.69 Å². The molecule has 1 aromatic heterocycles. The molecule has 0 saturated carbocycles. The predicted molar refractivity (Wildman–Crippen MR) is 48.3 cm³/mol. The van der Waals surface area contributed by atoms with Crippen LogP contribution < -0.4 is 4.74 Å². The van der Waals surface area contributed by atoms with Crippen molar-refractivity contribution in [1.29, 1.82) is 0 Å². The molecule has 1 rings (SSSR count). The van der Waals surface area contributed by atoms with Crippen LogP contribution in [0.1, 0.15) is 17.8 Å². The summed E-state index contributed by atoms with van der Waals surface area (Å²) in [6.07, 6.45) is -2.78. The van der Waals surface area contributed by atoms with Gasteiger partial charge in [0.2, 0.25) is 0 Å². The summed E-state index contributed by atoms with van der Waals surface area (Å²) in [6.45, 7) is 0. The van der Waals surface area contributed by atoms with E-state index in [1.807, 2.05) is 0 Å². The Labute approximate surface area is 87.2 Å². The number of hydrogen-bond acceptors (Lipinski definition) is 2. The van der Waals surface area contributed by atoms with Gasteiger partial charge >= 0.3 is 0 Å². The quantitative estimate of drug-likeness (QED) is 0.787. The molecule has 0 aromatic carbocycles. The summed E-state index contributed by atoms with van der Waals surface area (Å²) in [5.41, 5.74) is -0.458. The van der Waals surface area contributed by atoms with Crippen LogP contribution in [0, 0.1) is 5.82 Å². The summed E-state index contributed by atoms with van der Waals surface area (Å²) in [4.78, 5) is 3.56. The fraction of sp³-hybridized carbons (Fsp3) is 0.375. The van der Waals surface area contributed by atoms with Gasteiger partial charge in [0, 0.05) is 11.4 Å². The second-order valence-corrected chi connectivity index (χ2v) is 3.00. The van der Waals surface area contributed by atoms with Gasteiger partial charge in [0.15, 0.2) is 11.6 Å². The van der Waals surface area contributed by atoms with E-state index < -0.39 is 17.9 Å². The number of rotatable bonds is 3. The lowest BCUT2D eigenvalue weighted by Gasteiger charge is -2.08. The van der Waals surface area contributed by atoms with Crippen LogP contribution >= 0.6 is 15.9 Å². The Hall–Kier alpha value is -0.780. The molecule has 0 N–H and O–H groups in total. The number of alkyl halides is 3. The summed E-state index contributed by atoms with van der Waals surface area (Å²) in [5, 5.41) is 0.160. The maximum absolute atomic E-state index is 13.1. The van der Waals surface area contributed by atoms with Crippen molar-refractivity contribution in [1.82, 2.24) is 4.98 Å². The monoisotopic (exact) mass is 269 g/mol. The Morgan fingerprint density at radius 1 is 1.57 bits per heavy atom. The molecule has 0 unspecified atom stereocenters. The van der Waals surface area contributed by atoms with Gasteiger partial charge < -0.3 is 4.74 Å². The number of pyridine rings is 1. The molecule has 0 aliphatic rings. The number of halogens is 4. The molecular formula is C8H7BrF3NO. The lowest BCUT2D eigenvalue weighted by atomic mass is 10.3. The van der Waals surface area contributed by atoms with Crippen LogP contribution in [0.15, 0.2) is 6.07 Å². The third-order valence-electron chi connectivity index (χ3n) is 1.57. The van der Waals surface area contributed by atoms with E-state index >= 15 is 0 Å². The molecule has 0 bridgehead atoms. The van der Waals surface area contributed by atoms with E-state index in [0.717, 1.165) is 0 Å². The Bertz CT molecular complexity index is 333. The van der Waals surface area contributed by atoms with Crippen LogP contribution in [0.5, 0.6) is 5.75 Å². The van der Waals surface area contributed by atoms with Crippen LogP contribution in [0.2, 0.25) is 0 Å². The SMILES string of the molecule is COc1c(F)cc(C(F)F)nc1CBr. The minimum absolute atomic E-state index is 0.105. The Morgan fingerprint density at radius 3 is 2.64 bits per heavy atom. The normalized spacial score (nSPS) is 10.7. The average Bonchev–Trinajstić information content (AvgIpc) is 2.16. The fourth-order valence-corrected chi connectivity index (χ4v) is 1.37. The minimum atomic E-state index is -2.78. The maximum Gasteiger partial charge on any atom is 0.280 e. The van der Waals surface area contributed by atoms with Crippen molar-refractivity contribution < 1.29 is 17.9 Å². The highest BCUT2D eigenvalue weighted by molar-refractivity contribution is 9.08. The van der Waals surface area contributed by atoms with Gasteiger partial charge in [0.25, 0.3) is 6.43 Å². The molecular weight excluding hydrogens is 263 g/mol. The smallest absolute Gasteiger partial charge is 0.280 e. The first kappa shape index (κ1) is 11.3. The van der Waals surface area contributed by atoms with E-state index in [1.54, 1.807) is 0 Å². The van der Waals surface area contributed by atoms with E-state index in [0.29, 0.717) is 6.07 Å². The molecule has 0 aliphatic carbocycles. The molecule has 0 aliphatic heterocycles. The van der Waals surface area contributed by atoms with Gasteiger partial charge in [-0.05, 0) is 0 Å². The highest BCUT2D eigenvalue weighted by Crippen LogP contribution is 2.27. The summed E-state index contributed by atoms with van der Waals surface area (Å²) in [6, 6.07) is 0.676. The number of aromatic nitrogens is 1. The zero-order valence-corrected chi connectivity index (χ0v) is 8.82. The number of nitrogens with zero attached hydrogens (tertiary/aromatic N) is 1. The van der Waals surface area contributed by atoms with E-state index in [9.17, 15) is 13.2 Å². The van der Waals surface area contributed by atoms with E-state index in [-0.39, 0.29) is 16.8 Å². The number of ether oxygens (including phenoxy) is 1. The van der Waals surface area contributed by atoms with Crippen LogP contribution in [0.25, 0.3) is 0 Å². The lowest BCUT2D eigenvalue weighted by Crippen LogP contribution is -2.01. The van der Waals surface area contributed by atoms with Crippen LogP contribution in [0.4, 0.5) is 13.2 Å². The molecule has 0 spiro atoms. The fourth-order valence-electron chi connectivity index (χ4n) is 0.990. The Kier molecular flexibility index (Phi) is 3.74. The van der Waals surface area contributed by atoms with Crippen molar-refractivity contribution in [3.63, 3.8) is 0 Å². The molecule has 2 nitrogen and oxygen atoms in total. The predicted octanol–water partition coefficient (Wildman–Crippen LogP) is 3.06. The van der Waals surface area contributed by atoms with Crippen molar-refractivity contribution in [2.45, 2.75) is 11.8 Å². The summed E-state index contributed by atoms with van der Waals surface area (Å²) in [7, 11) is 1.26. The highest BCUT2D eigenvalue weighted by atomic mass is 79.9. The Balaban J connectivity index is 3.24. The van der Waals surface area contributed by atoms with Gasteiger partial charge in [-0.2, -0.15) is 0 Å². The van der Waals surface area contributed by atoms with Gasteiger partial charge in [0.05, 0.1) is 12.8 Å². The first-order chi connectivity index (χ1) is 6.60. The second kappa shape index (κ2) is 4.63. The van der Waals surface area contributed by atoms with Crippen molar-refractivity contribution in [2.75, 3.05) is 7.11 Å². The van der Waals surface area contributed by atoms with E-state index in [1.165, 1.54) is 7.11 Å². The van der Waals surface area contributed by atoms with Crippen molar-refractivity contribution in [2.24, 2.45) is 0 Å². The number of hydrogen-bond donors (Lipinski definition) is 0. The molecule has 0 saturated heterocycles. The van der Waals surface area contributed by atoms with Crippen molar-refractivity contribution >= 4 is 15.9 Å². The van der Waals surface area contributed by atoms with E-state index in [2.05, 4.69) is 25.7 Å². The Morgan fingerprint density at radius 2 is 2.21 bits per heavy atom. The van der Waals surface area contributed by atoms with Crippen molar-refractivity contribution in [3.05, 3.63) is 23.3 Å². The van der Waals surface area contributed by atoms with Gasteiger partial charge in [-0.25, -0.2) is 18.2 Å². The van der Waals surface area contributed by atoms with E-state index in [4.69, 9.17) is 0 Å². The second-order valence-electron chi connectivity index (χ2n) is 2.44. The lowest BCUT2D eigenvalue weighted by molar-refractivity contribution is 0.145.